The zero-order chi connectivity index (χ0) is 18.7. The molecule has 11 heteroatoms. The molecule has 0 atom stereocenters. The number of nitro benzene ring substituents is 1. The molecule has 0 spiro atoms. The van der Waals surface area contributed by atoms with Crippen molar-refractivity contribution in [3.63, 3.8) is 0 Å². The molecule has 0 unspecified atom stereocenters. The maximum absolute atomic E-state index is 11.3. The normalized spacial score (nSPS) is 10.3. The first kappa shape index (κ1) is 16.8. The van der Waals surface area contributed by atoms with E-state index in [9.17, 15) is 19.7 Å². The zero-order valence-electron chi connectivity index (χ0n) is 13.3. The Morgan fingerprint density at radius 3 is 2.62 bits per heavy atom. The van der Waals surface area contributed by atoms with Crippen LogP contribution >= 0.6 is 0 Å². The summed E-state index contributed by atoms with van der Waals surface area (Å²) in [6, 6.07) is 10.3. The van der Waals surface area contributed by atoms with Crippen molar-refractivity contribution < 1.29 is 23.8 Å². The molecule has 11 nitrogen and oxygen atoms in total. The van der Waals surface area contributed by atoms with Gasteiger partial charge < -0.3 is 10.1 Å². The van der Waals surface area contributed by atoms with E-state index in [0.29, 0.717) is 11.4 Å². The number of H-pyrrole nitrogens is 1. The van der Waals surface area contributed by atoms with Gasteiger partial charge in [0, 0.05) is 18.7 Å². The molecule has 3 aromatic rings. The van der Waals surface area contributed by atoms with Crippen molar-refractivity contribution in [2.45, 2.75) is 6.92 Å². The number of nitrogens with zero attached hydrogens (tertiary/aromatic N) is 3. The second kappa shape index (κ2) is 6.84. The van der Waals surface area contributed by atoms with Gasteiger partial charge in [-0.2, -0.15) is 0 Å². The highest BCUT2D eigenvalue weighted by Crippen LogP contribution is 2.32. The maximum atomic E-state index is 11.3. The quantitative estimate of drug-likeness (QED) is 0.397. The van der Waals surface area contributed by atoms with Crippen LogP contribution in [0.3, 0.4) is 0 Å². The Labute approximate surface area is 144 Å². The molecule has 26 heavy (non-hydrogen) atoms. The van der Waals surface area contributed by atoms with Crippen LogP contribution in [0.15, 0.2) is 51.8 Å². The summed E-state index contributed by atoms with van der Waals surface area (Å²) >= 11 is 0. The number of anilines is 1. The molecule has 1 amide bonds. The van der Waals surface area contributed by atoms with E-state index in [0.717, 1.165) is 4.80 Å². The van der Waals surface area contributed by atoms with Crippen LogP contribution in [-0.4, -0.2) is 21.2 Å². The van der Waals surface area contributed by atoms with Gasteiger partial charge in [-0.1, -0.05) is 5.10 Å². The van der Waals surface area contributed by atoms with E-state index in [1.54, 1.807) is 24.3 Å². The van der Waals surface area contributed by atoms with Crippen LogP contribution in [0.1, 0.15) is 6.92 Å². The van der Waals surface area contributed by atoms with Crippen LogP contribution in [0.4, 0.5) is 11.4 Å². The van der Waals surface area contributed by atoms with Gasteiger partial charge in [-0.05, 0) is 30.3 Å². The summed E-state index contributed by atoms with van der Waals surface area (Å²) in [6.45, 7) is 1.38. The minimum atomic E-state index is -0.799. The van der Waals surface area contributed by atoms with E-state index in [2.05, 4.69) is 20.2 Å². The Morgan fingerprint density at radius 1 is 1.31 bits per heavy atom. The summed E-state index contributed by atoms with van der Waals surface area (Å²) in [6.07, 6.45) is 0. The van der Waals surface area contributed by atoms with Gasteiger partial charge in [-0.3, -0.25) is 14.9 Å². The molecule has 1 heterocycles. The highest BCUT2D eigenvalue weighted by molar-refractivity contribution is 5.88. The molecule has 0 saturated carbocycles. The van der Waals surface area contributed by atoms with E-state index in [-0.39, 0.29) is 23.0 Å². The molecule has 0 radical (unpaired) electrons. The largest absolute Gasteiger partial charge is 0.493 e. The van der Waals surface area contributed by atoms with Crippen LogP contribution in [0.5, 0.6) is 11.5 Å². The van der Waals surface area contributed by atoms with E-state index in [4.69, 9.17) is 4.74 Å². The SMILES string of the molecule is CC(=O)Nc1ccc(Oc2ccc(-[n+]3noc(=O)[nH]3)cc2[N+](=O)[O-])cc1. The first-order valence-corrected chi connectivity index (χ1v) is 7.25. The molecule has 0 aliphatic heterocycles. The van der Waals surface area contributed by atoms with Gasteiger partial charge in [0.25, 0.3) is 5.69 Å². The second-order valence-corrected chi connectivity index (χ2v) is 5.10. The first-order chi connectivity index (χ1) is 12.4. The van der Waals surface area contributed by atoms with Gasteiger partial charge in [0.2, 0.25) is 16.9 Å². The summed E-state index contributed by atoms with van der Waals surface area (Å²) in [4.78, 5) is 33.7. The minimum Gasteiger partial charge on any atom is -0.450 e. The van der Waals surface area contributed by atoms with E-state index in [1.165, 1.54) is 25.1 Å². The number of hydrogen-bond acceptors (Lipinski definition) is 7. The Hall–Kier alpha value is -4.02. The third-order valence-electron chi connectivity index (χ3n) is 3.19. The first-order valence-electron chi connectivity index (χ1n) is 7.25. The lowest BCUT2D eigenvalue weighted by molar-refractivity contribution is -0.725. The van der Waals surface area contributed by atoms with Crippen LogP contribution in [0.25, 0.3) is 5.69 Å². The van der Waals surface area contributed by atoms with Gasteiger partial charge >= 0.3 is 11.4 Å². The number of ether oxygens (including phenoxy) is 1. The summed E-state index contributed by atoms with van der Waals surface area (Å²) < 4.78 is 9.90. The van der Waals surface area contributed by atoms with Gasteiger partial charge in [-0.25, -0.2) is 9.32 Å². The number of benzene rings is 2. The predicted molar refractivity (Wildman–Crippen MR) is 86.1 cm³/mol. The van der Waals surface area contributed by atoms with E-state index >= 15 is 0 Å². The highest BCUT2D eigenvalue weighted by atomic mass is 16.6. The zero-order valence-corrected chi connectivity index (χ0v) is 13.3. The molecule has 0 bridgehead atoms. The van der Waals surface area contributed by atoms with Crippen LogP contribution in [-0.2, 0) is 4.79 Å². The average molecular weight is 358 g/mol. The summed E-state index contributed by atoms with van der Waals surface area (Å²) in [5, 5.41) is 19.6. The number of aromatic amines is 1. The van der Waals surface area contributed by atoms with Crippen molar-refractivity contribution in [3.8, 4) is 17.2 Å². The third-order valence-corrected chi connectivity index (χ3v) is 3.19. The van der Waals surface area contributed by atoms with Crippen LogP contribution < -0.4 is 20.6 Å². The molecule has 0 aliphatic rings. The van der Waals surface area contributed by atoms with Crippen molar-refractivity contribution in [2.24, 2.45) is 0 Å². The molecule has 132 valence electrons. The van der Waals surface area contributed by atoms with Crippen molar-refractivity contribution >= 4 is 17.3 Å². The van der Waals surface area contributed by atoms with Crippen LogP contribution in [0.2, 0.25) is 0 Å². The Kier molecular flexibility index (Phi) is 4.43. The Balaban J connectivity index is 1.88. The standard InChI is InChI=1S/C15H11N5O6/c1-9(21)16-10-2-5-12(6-3-10)25-14-7-4-11(8-13(14)20(23)24)19-17-15(22)26-18-19/h2-8H,1H3,(H-,16,17,18,21,22)/p+1. The molecule has 0 fully saturated rings. The van der Waals surface area contributed by atoms with Crippen molar-refractivity contribution in [1.82, 2.24) is 10.4 Å². The second-order valence-electron chi connectivity index (χ2n) is 5.10. The maximum Gasteiger partial charge on any atom is 0.493 e. The lowest BCUT2D eigenvalue weighted by Gasteiger charge is -2.07. The highest BCUT2D eigenvalue weighted by Gasteiger charge is 2.23. The Bertz CT molecular complexity index is 1020. The fraction of sp³-hybridized carbons (Fsp3) is 0.0667. The number of nitro groups is 1. The predicted octanol–water partition coefficient (Wildman–Crippen LogP) is 1.30. The van der Waals surface area contributed by atoms with Crippen molar-refractivity contribution in [3.05, 3.63) is 63.1 Å². The minimum absolute atomic E-state index is 0.00234. The number of rotatable bonds is 5. The number of hydrogen-bond donors (Lipinski definition) is 2. The number of aromatic nitrogens is 3. The molecular formula is C15H12N5O6+. The molecule has 0 saturated heterocycles. The van der Waals surface area contributed by atoms with Gasteiger partial charge in [0.05, 0.1) is 15.8 Å². The number of carbonyl (C=O) groups excluding carboxylic acids is 1. The lowest BCUT2D eigenvalue weighted by Crippen LogP contribution is -2.37. The van der Waals surface area contributed by atoms with E-state index < -0.39 is 10.7 Å². The fourth-order valence-electron chi connectivity index (χ4n) is 2.12. The summed E-state index contributed by atoms with van der Waals surface area (Å²) in [5.41, 5.74) is 0.460. The monoisotopic (exact) mass is 358 g/mol. The topological polar surface area (TPSA) is 144 Å². The molecule has 2 N–H and O–H groups in total. The number of amides is 1. The fourth-order valence-corrected chi connectivity index (χ4v) is 2.12. The lowest BCUT2D eigenvalue weighted by atomic mass is 10.2. The summed E-state index contributed by atoms with van der Waals surface area (Å²) in [5.74, 6) is -0.671. The summed E-state index contributed by atoms with van der Waals surface area (Å²) in [7, 11) is 0. The third kappa shape index (κ3) is 3.72. The Morgan fingerprint density at radius 2 is 2.04 bits per heavy atom. The molecular weight excluding hydrogens is 346 g/mol. The van der Waals surface area contributed by atoms with Crippen LogP contribution in [0, 0.1) is 10.1 Å². The van der Waals surface area contributed by atoms with Gasteiger partial charge in [-0.15, -0.1) is 0 Å². The smallest absolute Gasteiger partial charge is 0.450 e. The van der Waals surface area contributed by atoms with E-state index in [1.807, 2.05) is 0 Å². The molecule has 0 aliphatic carbocycles. The van der Waals surface area contributed by atoms with Crippen molar-refractivity contribution in [2.75, 3.05) is 5.32 Å². The molecule has 1 aromatic heterocycles. The van der Waals surface area contributed by atoms with Gasteiger partial charge in [0.1, 0.15) is 5.75 Å². The van der Waals surface area contributed by atoms with Gasteiger partial charge in [0.15, 0.2) is 0 Å². The molecule has 2 aromatic carbocycles. The number of carbonyl (C=O) groups is 1. The number of nitrogens with one attached hydrogen (secondary N) is 2. The molecule has 3 rings (SSSR count). The van der Waals surface area contributed by atoms with Crippen molar-refractivity contribution in [1.29, 1.82) is 0 Å². The average Bonchev–Trinajstić information content (AvgIpc) is 3.03.